The summed E-state index contributed by atoms with van der Waals surface area (Å²) < 4.78 is 32.0. The van der Waals surface area contributed by atoms with Gasteiger partial charge in [0, 0.05) is 0 Å². The number of benzene rings is 1. The van der Waals surface area contributed by atoms with Crippen LogP contribution in [0.3, 0.4) is 0 Å². The Balaban J connectivity index is 3.07. The number of sulfonamides is 1. The monoisotopic (exact) mass is 507 g/mol. The van der Waals surface area contributed by atoms with Crippen LogP contribution in [-0.4, -0.2) is 29.9 Å². The van der Waals surface area contributed by atoms with E-state index in [1.807, 2.05) is 19.1 Å². The first kappa shape index (κ1) is 19.1. The van der Waals surface area contributed by atoms with Crippen LogP contribution in [-0.2, 0) is 10.0 Å². The predicted molar refractivity (Wildman–Crippen MR) is 92.5 cm³/mol. The molecule has 0 aliphatic carbocycles. The van der Waals surface area contributed by atoms with Gasteiger partial charge in [0.05, 0.1) is 0 Å². The van der Waals surface area contributed by atoms with Crippen LogP contribution in [0, 0.1) is 6.92 Å². The van der Waals surface area contributed by atoms with E-state index in [0.717, 1.165) is 36.8 Å². The third kappa shape index (κ3) is 5.64. The second-order valence-corrected chi connectivity index (χ2v) is 25.8. The second kappa shape index (κ2) is 8.62. The van der Waals surface area contributed by atoms with Gasteiger partial charge in [-0.3, -0.25) is 0 Å². The average Bonchev–Trinajstić information content (AvgIpc) is 2.39. The summed E-state index contributed by atoms with van der Waals surface area (Å²) in [5.74, 6) is 0. The molecule has 0 amide bonds. The van der Waals surface area contributed by atoms with Crippen molar-refractivity contribution >= 4 is 31.5 Å². The molecule has 1 rings (SSSR count). The van der Waals surface area contributed by atoms with Crippen molar-refractivity contribution in [1.29, 1.82) is 0 Å². The van der Waals surface area contributed by atoms with E-state index in [1.54, 1.807) is 12.1 Å². The Hall–Kier alpha value is 0.0521. The molecule has 21 heavy (non-hydrogen) atoms. The molecule has 0 atom stereocenters. The van der Waals surface area contributed by atoms with E-state index in [2.05, 4.69) is 23.3 Å². The molecular formula is C16H29NO2PbS. The van der Waals surface area contributed by atoms with Gasteiger partial charge in [-0.05, 0) is 0 Å². The van der Waals surface area contributed by atoms with Crippen LogP contribution in [0.1, 0.15) is 45.6 Å². The van der Waals surface area contributed by atoms with Crippen molar-refractivity contribution in [3.63, 3.8) is 0 Å². The molecule has 0 aromatic heterocycles. The zero-order chi connectivity index (χ0) is 15.9. The predicted octanol–water partition coefficient (Wildman–Crippen LogP) is 4.45. The minimum absolute atomic E-state index is 0.417. The van der Waals surface area contributed by atoms with Crippen molar-refractivity contribution in [3.8, 4) is 0 Å². The molecule has 0 heterocycles. The van der Waals surface area contributed by atoms with Crippen LogP contribution in [0.2, 0.25) is 11.9 Å². The van der Waals surface area contributed by atoms with Gasteiger partial charge in [-0.25, -0.2) is 0 Å². The summed E-state index contributed by atoms with van der Waals surface area (Å²) in [6, 6.07) is 7.18. The Morgan fingerprint density at radius 2 is 1.33 bits per heavy atom. The Morgan fingerprint density at radius 1 is 0.905 bits per heavy atom. The molecule has 120 valence electrons. The quantitative estimate of drug-likeness (QED) is 0.503. The third-order valence-corrected chi connectivity index (χ3v) is 30.6. The van der Waals surface area contributed by atoms with Crippen LogP contribution >= 0.6 is 0 Å². The fourth-order valence-corrected chi connectivity index (χ4v) is 30.2. The molecule has 0 fully saturated rings. The van der Waals surface area contributed by atoms with Crippen LogP contribution in [0.4, 0.5) is 0 Å². The Kier molecular flexibility index (Phi) is 7.84. The van der Waals surface area contributed by atoms with Gasteiger partial charge in [-0.1, -0.05) is 0 Å². The van der Waals surface area contributed by atoms with Crippen molar-refractivity contribution < 1.29 is 8.42 Å². The van der Waals surface area contributed by atoms with Gasteiger partial charge in [0.2, 0.25) is 0 Å². The maximum atomic E-state index is 12.7. The molecule has 1 aromatic rings. The summed E-state index contributed by atoms with van der Waals surface area (Å²) in [6.07, 6.45) is 3.24. The summed E-state index contributed by atoms with van der Waals surface area (Å²) in [5.41, 5.74) is 1.08. The standard InChI is InChI=1S/C7H8NO2S.3C3H7.Pb/c1-6-2-4-7(5-3-6)11(8,9)10;3*1-3-2;/h2-5H,1H3,(H-,8,9,10);3*1,3H2,2H3;/q-1;;;;+1. The second-order valence-electron chi connectivity index (χ2n) is 5.95. The van der Waals surface area contributed by atoms with Crippen LogP contribution < -0.4 is 2.53 Å². The van der Waals surface area contributed by atoms with E-state index in [9.17, 15) is 8.42 Å². The van der Waals surface area contributed by atoms with E-state index < -0.39 is 31.5 Å². The van der Waals surface area contributed by atoms with E-state index in [4.69, 9.17) is 0 Å². The first-order chi connectivity index (χ1) is 9.89. The van der Waals surface area contributed by atoms with Crippen molar-refractivity contribution in [3.05, 3.63) is 29.8 Å². The summed E-state index contributed by atoms with van der Waals surface area (Å²) >= 11 is -2.96. The molecule has 0 aliphatic rings. The normalized spacial score (nSPS) is 12.6. The van der Waals surface area contributed by atoms with Crippen LogP contribution in [0.5, 0.6) is 0 Å². The zero-order valence-corrected chi connectivity index (χ0v) is 18.5. The fourth-order valence-electron chi connectivity index (χ4n) is 3.03. The Morgan fingerprint density at radius 3 is 1.71 bits per heavy atom. The third-order valence-electron chi connectivity index (χ3n) is 3.87. The molecule has 0 radical (unpaired) electrons. The number of hydrogen-bond donors (Lipinski definition) is 1. The van der Waals surface area contributed by atoms with Crippen LogP contribution in [0.15, 0.2) is 29.2 Å². The molecule has 5 heteroatoms. The van der Waals surface area contributed by atoms with Gasteiger partial charge >= 0.3 is 136 Å². The zero-order valence-electron chi connectivity index (χ0n) is 13.8. The van der Waals surface area contributed by atoms with E-state index in [1.165, 1.54) is 0 Å². The first-order valence-electron chi connectivity index (χ1n) is 7.99. The van der Waals surface area contributed by atoms with Crippen molar-refractivity contribution in [1.82, 2.24) is 2.53 Å². The maximum absolute atomic E-state index is 12.7. The molecule has 3 nitrogen and oxygen atoms in total. The SMILES string of the molecule is CC[CH2][Pb]([CH2]CC)([CH2]CC)[NH]S(=O)(=O)c1ccc(C)cc1. The van der Waals surface area contributed by atoms with Crippen molar-refractivity contribution in [2.24, 2.45) is 0 Å². The molecule has 1 aromatic carbocycles. The van der Waals surface area contributed by atoms with E-state index >= 15 is 0 Å². The molecule has 0 saturated carbocycles. The first-order valence-corrected chi connectivity index (χ1v) is 19.7. The molecular weight excluding hydrogens is 477 g/mol. The fraction of sp³-hybridized carbons (Fsp3) is 0.625. The molecule has 0 bridgehead atoms. The van der Waals surface area contributed by atoms with Gasteiger partial charge in [-0.15, -0.1) is 0 Å². The molecule has 1 N–H and O–H groups in total. The number of rotatable bonds is 9. The van der Waals surface area contributed by atoms with Gasteiger partial charge < -0.3 is 0 Å². The number of aryl methyl sites for hydroxylation is 1. The van der Waals surface area contributed by atoms with Gasteiger partial charge in [0.15, 0.2) is 0 Å². The van der Waals surface area contributed by atoms with Crippen LogP contribution in [0.25, 0.3) is 0 Å². The van der Waals surface area contributed by atoms with Crippen molar-refractivity contribution in [2.45, 2.75) is 63.8 Å². The summed E-state index contributed by atoms with van der Waals surface area (Å²) in [6.45, 7) is 8.47. The molecule has 0 unspecified atom stereocenters. The Bertz CT molecular complexity index is 509. The van der Waals surface area contributed by atoms with E-state index in [0.29, 0.717) is 4.90 Å². The van der Waals surface area contributed by atoms with Gasteiger partial charge in [-0.2, -0.15) is 0 Å². The summed E-state index contributed by atoms with van der Waals surface area (Å²) in [7, 11) is -3.35. The Labute approximate surface area is 135 Å². The average molecular weight is 507 g/mol. The van der Waals surface area contributed by atoms with Crippen molar-refractivity contribution in [2.75, 3.05) is 0 Å². The molecule has 0 aliphatic heterocycles. The van der Waals surface area contributed by atoms with Gasteiger partial charge in [0.25, 0.3) is 0 Å². The minimum atomic E-state index is -3.35. The number of nitrogens with one attached hydrogen (secondary N) is 1. The summed E-state index contributed by atoms with van der Waals surface area (Å²) in [4.78, 5) is 0.417. The van der Waals surface area contributed by atoms with E-state index in [-0.39, 0.29) is 0 Å². The topological polar surface area (TPSA) is 46.2 Å². The van der Waals surface area contributed by atoms with Gasteiger partial charge in [0.1, 0.15) is 0 Å². The summed E-state index contributed by atoms with van der Waals surface area (Å²) in [5, 5.41) is 0. The molecule has 0 saturated heterocycles. The molecule has 0 spiro atoms. The number of hydrogen-bond acceptors (Lipinski definition) is 2.